The third kappa shape index (κ3) is 3.39. The fourth-order valence-electron chi connectivity index (χ4n) is 4.74. The van der Waals surface area contributed by atoms with Gasteiger partial charge in [0.15, 0.2) is 0 Å². The van der Waals surface area contributed by atoms with Crippen LogP contribution in [0, 0.1) is 34.5 Å². The van der Waals surface area contributed by atoms with Gasteiger partial charge in [0.05, 0.1) is 22.9 Å². The van der Waals surface area contributed by atoms with E-state index in [0.29, 0.717) is 23.7 Å². The Kier molecular flexibility index (Phi) is 5.04. The summed E-state index contributed by atoms with van der Waals surface area (Å²) in [7, 11) is 0. The molecule has 0 aromatic carbocycles. The minimum absolute atomic E-state index is 0.152. The second-order valence-corrected chi connectivity index (χ2v) is 9.65. The number of hydrogen-bond donors (Lipinski definition) is 0. The molecule has 0 bridgehead atoms. The Morgan fingerprint density at radius 2 is 2.04 bits per heavy atom. The van der Waals surface area contributed by atoms with E-state index in [1.54, 1.807) is 0 Å². The fourth-order valence-corrected chi connectivity index (χ4v) is 5.11. The van der Waals surface area contributed by atoms with Crippen LogP contribution in [0.2, 0.25) is 0 Å². The Morgan fingerprint density at radius 3 is 2.64 bits per heavy atom. The van der Waals surface area contributed by atoms with Crippen molar-refractivity contribution < 1.29 is 0 Å². The number of halogens is 1. The zero-order valence-corrected chi connectivity index (χ0v) is 18.2. The Bertz CT molecular complexity index is 713. The molecular formula is C23H30IN. The molecule has 0 aliphatic heterocycles. The van der Waals surface area contributed by atoms with Gasteiger partial charge in [-0.2, -0.15) is 0 Å². The molecule has 0 radical (unpaired) electrons. The lowest BCUT2D eigenvalue weighted by Crippen LogP contribution is -2.34. The predicted octanol–water partition coefficient (Wildman–Crippen LogP) is 6.90. The van der Waals surface area contributed by atoms with Crippen LogP contribution in [-0.4, -0.2) is 5.71 Å². The number of allylic oxidation sites excluding steroid dienone is 9. The van der Waals surface area contributed by atoms with Crippen LogP contribution in [0.25, 0.3) is 0 Å². The average molecular weight is 447 g/mol. The first-order valence-corrected chi connectivity index (χ1v) is 10.3. The molecule has 134 valence electrons. The fraction of sp³-hybridized carbons (Fsp3) is 0.522. The predicted molar refractivity (Wildman–Crippen MR) is 118 cm³/mol. The molecule has 0 N–H and O–H groups in total. The van der Waals surface area contributed by atoms with Gasteiger partial charge in [-0.15, -0.1) is 0 Å². The summed E-state index contributed by atoms with van der Waals surface area (Å²) in [6, 6.07) is 0. The Morgan fingerprint density at radius 1 is 1.32 bits per heavy atom. The molecule has 25 heavy (non-hydrogen) atoms. The molecule has 4 unspecified atom stereocenters. The Balaban J connectivity index is 1.90. The highest BCUT2D eigenvalue weighted by molar-refractivity contribution is 14.1. The van der Waals surface area contributed by atoms with Crippen LogP contribution in [0.5, 0.6) is 0 Å². The quantitative estimate of drug-likeness (QED) is 0.330. The molecule has 5 atom stereocenters. The monoisotopic (exact) mass is 447 g/mol. The van der Waals surface area contributed by atoms with E-state index in [9.17, 15) is 0 Å². The van der Waals surface area contributed by atoms with Gasteiger partial charge in [-0.3, -0.25) is 0 Å². The third-order valence-corrected chi connectivity index (χ3v) is 7.09. The molecular weight excluding hydrogens is 417 g/mol. The highest BCUT2D eigenvalue weighted by Crippen LogP contribution is 2.55. The molecule has 0 saturated carbocycles. The van der Waals surface area contributed by atoms with E-state index in [4.69, 9.17) is 0 Å². The largest absolute Gasteiger partial charge is 0.220 e. The highest BCUT2D eigenvalue weighted by atomic mass is 127. The first kappa shape index (κ1) is 18.9. The summed E-state index contributed by atoms with van der Waals surface area (Å²) in [6.45, 7) is 15.7. The molecule has 0 amide bonds. The van der Waals surface area contributed by atoms with Gasteiger partial charge >= 0.3 is 0 Å². The maximum absolute atomic E-state index is 4.38. The van der Waals surface area contributed by atoms with Gasteiger partial charge in [-0.1, -0.05) is 77.7 Å². The lowest BCUT2D eigenvalue weighted by atomic mass is 9.64. The molecule has 0 aromatic rings. The van der Waals surface area contributed by atoms with Gasteiger partial charge in [0.1, 0.15) is 0 Å². The van der Waals surface area contributed by atoms with Crippen LogP contribution in [0.1, 0.15) is 41.0 Å². The van der Waals surface area contributed by atoms with Gasteiger partial charge < -0.3 is 0 Å². The molecule has 3 aliphatic rings. The average Bonchev–Trinajstić information content (AvgIpc) is 2.82. The number of hydrogen-bond acceptors (Lipinski definition) is 1. The highest BCUT2D eigenvalue weighted by Gasteiger charge is 2.47. The molecule has 0 heterocycles. The molecule has 3 aliphatic carbocycles. The van der Waals surface area contributed by atoms with Crippen molar-refractivity contribution in [1.82, 2.24) is 0 Å². The molecule has 3 rings (SSSR count). The smallest absolute Gasteiger partial charge is 0.0834 e. The molecule has 0 aromatic heterocycles. The SMILES string of the molecule is C=C/C(CC1(C)C=C2C=CC3C=C(C(C)(C)C)C=CC3C2[C@H]1C)=N/I. The van der Waals surface area contributed by atoms with Crippen molar-refractivity contribution in [3.63, 3.8) is 0 Å². The van der Waals surface area contributed by atoms with Gasteiger partial charge in [0.25, 0.3) is 0 Å². The van der Waals surface area contributed by atoms with Crippen molar-refractivity contribution in [2.24, 2.45) is 37.7 Å². The maximum atomic E-state index is 4.38. The molecule has 0 spiro atoms. The van der Waals surface area contributed by atoms with E-state index in [-0.39, 0.29) is 10.8 Å². The summed E-state index contributed by atoms with van der Waals surface area (Å²) in [5.74, 6) is 2.32. The Labute approximate surface area is 167 Å². The zero-order chi connectivity index (χ0) is 18.4. The van der Waals surface area contributed by atoms with Crippen LogP contribution in [0.15, 0.2) is 63.5 Å². The van der Waals surface area contributed by atoms with Gasteiger partial charge in [-0.25, -0.2) is 3.21 Å². The molecule has 2 heteroatoms. The topological polar surface area (TPSA) is 12.4 Å². The van der Waals surface area contributed by atoms with Crippen LogP contribution in [0.3, 0.4) is 0 Å². The normalized spacial score (nSPS) is 37.3. The van der Waals surface area contributed by atoms with Crippen molar-refractivity contribution in [1.29, 1.82) is 0 Å². The number of nitrogens with zero attached hydrogens (tertiary/aromatic N) is 1. The first-order valence-electron chi connectivity index (χ1n) is 9.31. The first-order chi connectivity index (χ1) is 11.7. The maximum Gasteiger partial charge on any atom is 0.0834 e. The van der Waals surface area contributed by atoms with E-state index in [2.05, 4.69) is 104 Å². The van der Waals surface area contributed by atoms with Crippen LogP contribution >= 0.6 is 22.9 Å². The summed E-state index contributed by atoms with van der Waals surface area (Å²) < 4.78 is 4.38. The van der Waals surface area contributed by atoms with Crippen molar-refractivity contribution in [3.05, 3.63) is 60.3 Å². The van der Waals surface area contributed by atoms with Crippen molar-refractivity contribution in [2.45, 2.75) is 41.0 Å². The van der Waals surface area contributed by atoms with Crippen molar-refractivity contribution >= 4 is 28.6 Å². The van der Waals surface area contributed by atoms with Gasteiger partial charge in [0.2, 0.25) is 0 Å². The second kappa shape index (κ2) is 6.68. The van der Waals surface area contributed by atoms with Crippen molar-refractivity contribution in [3.8, 4) is 0 Å². The van der Waals surface area contributed by atoms with Crippen molar-refractivity contribution in [2.75, 3.05) is 0 Å². The van der Waals surface area contributed by atoms with Crippen LogP contribution in [0.4, 0.5) is 0 Å². The standard InChI is InChI=1S/C23H30IN/c1-7-19(25-24)14-23(6)13-17-9-8-16-12-18(22(3,4)5)10-11-20(16)21(17)15(23)2/h7-13,15-16,20-21H,1,14H2,2-6H3/b25-19-/t15-,16?,20?,21?,23?/m1/s1. The Hall–Kier alpha value is -0.900. The lowest BCUT2D eigenvalue weighted by molar-refractivity contribution is 0.201. The zero-order valence-electron chi connectivity index (χ0n) is 16.1. The van der Waals surface area contributed by atoms with E-state index in [1.807, 2.05) is 6.08 Å². The summed E-state index contributed by atoms with van der Waals surface area (Å²) in [4.78, 5) is 0. The lowest BCUT2D eigenvalue weighted by Gasteiger charge is -2.40. The van der Waals surface area contributed by atoms with Gasteiger partial charge in [-0.05, 0) is 52.2 Å². The van der Waals surface area contributed by atoms with E-state index >= 15 is 0 Å². The van der Waals surface area contributed by atoms with E-state index in [1.165, 1.54) is 11.1 Å². The number of fused-ring (bicyclic) bond motifs is 3. The second-order valence-electron chi connectivity index (χ2n) is 9.17. The summed E-state index contributed by atoms with van der Waals surface area (Å²) >= 11 is 2.09. The summed E-state index contributed by atoms with van der Waals surface area (Å²) in [5.41, 5.74) is 4.45. The number of rotatable bonds is 3. The van der Waals surface area contributed by atoms with Crippen LogP contribution in [-0.2, 0) is 0 Å². The van der Waals surface area contributed by atoms with E-state index in [0.717, 1.165) is 12.1 Å². The molecule has 1 nitrogen and oxygen atoms in total. The summed E-state index contributed by atoms with van der Waals surface area (Å²) in [6.07, 6.45) is 17.6. The minimum atomic E-state index is 0.152. The molecule has 0 saturated heterocycles. The molecule has 0 fully saturated rings. The third-order valence-electron chi connectivity index (χ3n) is 6.47. The van der Waals surface area contributed by atoms with Crippen LogP contribution < -0.4 is 0 Å². The van der Waals surface area contributed by atoms with Gasteiger partial charge in [0, 0.05) is 11.6 Å². The minimum Gasteiger partial charge on any atom is -0.220 e. The van der Waals surface area contributed by atoms with E-state index < -0.39 is 0 Å². The summed E-state index contributed by atoms with van der Waals surface area (Å²) in [5, 5.41) is 0.